The highest BCUT2D eigenvalue weighted by Crippen LogP contribution is 2.25. The van der Waals surface area contributed by atoms with Crippen molar-refractivity contribution in [2.24, 2.45) is 5.92 Å². The van der Waals surface area contributed by atoms with Crippen LogP contribution in [0.2, 0.25) is 0 Å². The molecular weight excluding hydrogens is 152 g/mol. The Kier molecular flexibility index (Phi) is 3.04. The monoisotopic (exact) mass is 168 g/mol. The van der Waals surface area contributed by atoms with E-state index in [4.69, 9.17) is 4.74 Å². The van der Waals surface area contributed by atoms with Crippen LogP contribution in [0.4, 0.5) is 0 Å². The van der Waals surface area contributed by atoms with Crippen LogP contribution >= 0.6 is 0 Å². The summed E-state index contributed by atoms with van der Waals surface area (Å²) in [5, 5.41) is 0. The van der Waals surface area contributed by atoms with Gasteiger partial charge < -0.3 is 4.74 Å². The van der Waals surface area contributed by atoms with Crippen molar-refractivity contribution < 1.29 is 9.53 Å². The number of rotatable bonds is 3. The summed E-state index contributed by atoms with van der Waals surface area (Å²) in [6.07, 6.45) is 1.92. The molecule has 1 rings (SSSR count). The standard InChI is InChI=1S/C10H16O2/c1-4-9-8(5-6-12-9)10(11)7(2)3/h8-9H,2,4-6H2,1,3H3. The van der Waals surface area contributed by atoms with E-state index in [1.165, 1.54) is 0 Å². The van der Waals surface area contributed by atoms with Crippen molar-refractivity contribution in [3.63, 3.8) is 0 Å². The van der Waals surface area contributed by atoms with Gasteiger partial charge in [-0.25, -0.2) is 0 Å². The first-order chi connectivity index (χ1) is 5.66. The summed E-state index contributed by atoms with van der Waals surface area (Å²) in [6, 6.07) is 0. The lowest BCUT2D eigenvalue weighted by molar-refractivity contribution is -0.120. The lowest BCUT2D eigenvalue weighted by Gasteiger charge is -2.14. The van der Waals surface area contributed by atoms with Gasteiger partial charge in [0.25, 0.3) is 0 Å². The summed E-state index contributed by atoms with van der Waals surface area (Å²) in [4.78, 5) is 11.5. The van der Waals surface area contributed by atoms with E-state index in [0.29, 0.717) is 5.57 Å². The molecule has 0 saturated carbocycles. The average molecular weight is 168 g/mol. The lowest BCUT2D eigenvalue weighted by atomic mass is 9.91. The summed E-state index contributed by atoms with van der Waals surface area (Å²) < 4.78 is 5.42. The Labute approximate surface area is 73.6 Å². The molecule has 2 unspecified atom stereocenters. The Morgan fingerprint density at radius 2 is 2.33 bits per heavy atom. The second kappa shape index (κ2) is 3.85. The fraction of sp³-hybridized carbons (Fsp3) is 0.700. The van der Waals surface area contributed by atoms with Crippen LogP contribution in [0, 0.1) is 5.92 Å². The maximum atomic E-state index is 11.5. The van der Waals surface area contributed by atoms with E-state index < -0.39 is 0 Å². The van der Waals surface area contributed by atoms with E-state index in [1.807, 2.05) is 0 Å². The number of hydrogen-bond acceptors (Lipinski definition) is 2. The van der Waals surface area contributed by atoms with Crippen molar-refractivity contribution >= 4 is 5.78 Å². The van der Waals surface area contributed by atoms with Crippen molar-refractivity contribution in [3.8, 4) is 0 Å². The van der Waals surface area contributed by atoms with Gasteiger partial charge in [0.1, 0.15) is 0 Å². The normalized spacial score (nSPS) is 28.8. The Morgan fingerprint density at radius 1 is 1.67 bits per heavy atom. The maximum absolute atomic E-state index is 11.5. The quantitative estimate of drug-likeness (QED) is 0.602. The first-order valence-corrected chi connectivity index (χ1v) is 4.48. The van der Waals surface area contributed by atoms with Crippen molar-refractivity contribution in [1.82, 2.24) is 0 Å². The van der Waals surface area contributed by atoms with Crippen LogP contribution < -0.4 is 0 Å². The molecule has 0 radical (unpaired) electrons. The van der Waals surface area contributed by atoms with Gasteiger partial charge in [0.15, 0.2) is 5.78 Å². The Morgan fingerprint density at radius 3 is 2.83 bits per heavy atom. The molecule has 68 valence electrons. The van der Waals surface area contributed by atoms with E-state index in [1.54, 1.807) is 6.92 Å². The highest BCUT2D eigenvalue weighted by atomic mass is 16.5. The molecule has 0 spiro atoms. The Balaban J connectivity index is 2.61. The summed E-state index contributed by atoms with van der Waals surface area (Å²) in [5.41, 5.74) is 0.656. The summed E-state index contributed by atoms with van der Waals surface area (Å²) in [6.45, 7) is 8.21. The lowest BCUT2D eigenvalue weighted by Crippen LogP contribution is -2.23. The smallest absolute Gasteiger partial charge is 0.163 e. The largest absolute Gasteiger partial charge is 0.377 e. The third-order valence-electron chi connectivity index (χ3n) is 2.37. The number of carbonyl (C=O) groups is 1. The zero-order chi connectivity index (χ0) is 9.14. The Bertz CT molecular complexity index is 196. The molecule has 2 atom stereocenters. The first kappa shape index (κ1) is 9.46. The fourth-order valence-electron chi connectivity index (χ4n) is 1.67. The summed E-state index contributed by atoms with van der Waals surface area (Å²) >= 11 is 0. The van der Waals surface area contributed by atoms with Crippen LogP contribution in [0.5, 0.6) is 0 Å². The number of ether oxygens (including phenoxy) is 1. The topological polar surface area (TPSA) is 26.3 Å². The van der Waals surface area contributed by atoms with Gasteiger partial charge >= 0.3 is 0 Å². The van der Waals surface area contributed by atoms with Gasteiger partial charge in [0.2, 0.25) is 0 Å². The minimum atomic E-state index is 0.0764. The van der Waals surface area contributed by atoms with Gasteiger partial charge in [-0.2, -0.15) is 0 Å². The van der Waals surface area contributed by atoms with Gasteiger partial charge in [-0.05, 0) is 25.3 Å². The highest BCUT2D eigenvalue weighted by Gasteiger charge is 2.32. The number of ketones is 1. The zero-order valence-electron chi connectivity index (χ0n) is 7.80. The number of carbonyl (C=O) groups excluding carboxylic acids is 1. The van der Waals surface area contributed by atoms with E-state index in [0.717, 1.165) is 19.4 Å². The molecule has 0 bridgehead atoms. The molecular formula is C10H16O2. The second-order valence-corrected chi connectivity index (χ2v) is 3.36. The molecule has 1 fully saturated rings. The molecule has 12 heavy (non-hydrogen) atoms. The third-order valence-corrected chi connectivity index (χ3v) is 2.37. The first-order valence-electron chi connectivity index (χ1n) is 4.48. The predicted molar refractivity (Wildman–Crippen MR) is 48.0 cm³/mol. The molecule has 0 aromatic rings. The SMILES string of the molecule is C=C(C)C(=O)C1CCOC1CC. The summed E-state index contributed by atoms with van der Waals surface area (Å²) in [5.74, 6) is 0.256. The van der Waals surface area contributed by atoms with Gasteiger partial charge in [-0.15, -0.1) is 0 Å². The molecule has 0 aliphatic carbocycles. The van der Waals surface area contributed by atoms with Crippen molar-refractivity contribution in [3.05, 3.63) is 12.2 Å². The van der Waals surface area contributed by atoms with E-state index in [9.17, 15) is 4.79 Å². The van der Waals surface area contributed by atoms with Crippen LogP contribution in [0.3, 0.4) is 0 Å². The molecule has 2 nitrogen and oxygen atoms in total. The summed E-state index contributed by atoms with van der Waals surface area (Å²) in [7, 11) is 0. The molecule has 0 aromatic carbocycles. The average Bonchev–Trinajstić information content (AvgIpc) is 2.49. The molecule has 0 N–H and O–H groups in total. The third kappa shape index (κ3) is 1.75. The second-order valence-electron chi connectivity index (χ2n) is 3.36. The van der Waals surface area contributed by atoms with Crippen molar-refractivity contribution in [2.45, 2.75) is 32.8 Å². The van der Waals surface area contributed by atoms with E-state index in [-0.39, 0.29) is 17.8 Å². The van der Waals surface area contributed by atoms with Crippen LogP contribution in [0.25, 0.3) is 0 Å². The van der Waals surface area contributed by atoms with Crippen LogP contribution in [-0.2, 0) is 9.53 Å². The fourth-order valence-corrected chi connectivity index (χ4v) is 1.67. The van der Waals surface area contributed by atoms with Crippen LogP contribution in [-0.4, -0.2) is 18.5 Å². The molecule has 1 aliphatic rings. The zero-order valence-corrected chi connectivity index (χ0v) is 7.80. The van der Waals surface area contributed by atoms with E-state index in [2.05, 4.69) is 13.5 Å². The van der Waals surface area contributed by atoms with Crippen LogP contribution in [0.15, 0.2) is 12.2 Å². The minimum absolute atomic E-state index is 0.0764. The Hall–Kier alpha value is -0.630. The molecule has 2 heteroatoms. The number of Topliss-reactive ketones (excluding diaryl/α,β-unsaturated/α-hetero) is 1. The number of allylic oxidation sites excluding steroid dienone is 1. The van der Waals surface area contributed by atoms with Crippen molar-refractivity contribution in [2.75, 3.05) is 6.61 Å². The molecule has 1 aliphatic heterocycles. The molecule has 0 aromatic heterocycles. The molecule has 1 saturated heterocycles. The van der Waals surface area contributed by atoms with Crippen molar-refractivity contribution in [1.29, 1.82) is 0 Å². The van der Waals surface area contributed by atoms with Gasteiger partial charge in [0, 0.05) is 6.61 Å². The van der Waals surface area contributed by atoms with Crippen LogP contribution in [0.1, 0.15) is 26.7 Å². The minimum Gasteiger partial charge on any atom is -0.377 e. The number of hydrogen-bond donors (Lipinski definition) is 0. The van der Waals surface area contributed by atoms with Gasteiger partial charge in [0.05, 0.1) is 12.0 Å². The van der Waals surface area contributed by atoms with Gasteiger partial charge in [-0.3, -0.25) is 4.79 Å². The van der Waals surface area contributed by atoms with Gasteiger partial charge in [-0.1, -0.05) is 13.5 Å². The molecule has 1 heterocycles. The predicted octanol–water partition coefficient (Wildman–Crippen LogP) is 1.95. The molecule has 0 amide bonds. The maximum Gasteiger partial charge on any atom is 0.163 e. The highest BCUT2D eigenvalue weighted by molar-refractivity contribution is 5.96. The van der Waals surface area contributed by atoms with E-state index >= 15 is 0 Å².